The first-order valence-electron chi connectivity index (χ1n) is 9.09. The van der Waals surface area contributed by atoms with Gasteiger partial charge in [-0.1, -0.05) is 41.9 Å². The van der Waals surface area contributed by atoms with E-state index in [0.717, 1.165) is 11.1 Å². The number of carbonyl (C=O) groups excluding carboxylic acids is 2. The Balaban J connectivity index is 1.67. The highest BCUT2D eigenvalue weighted by atomic mass is 35.5. The Morgan fingerprint density at radius 1 is 1.14 bits per heavy atom. The smallest absolute Gasteiger partial charge is 0.308 e. The van der Waals surface area contributed by atoms with Crippen LogP contribution < -0.4 is 5.32 Å². The van der Waals surface area contributed by atoms with Gasteiger partial charge in [0.15, 0.2) is 0 Å². The van der Waals surface area contributed by atoms with Crippen molar-refractivity contribution in [3.8, 4) is 11.4 Å². The molecule has 29 heavy (non-hydrogen) atoms. The molecule has 0 spiro atoms. The van der Waals surface area contributed by atoms with Gasteiger partial charge in [0.1, 0.15) is 6.54 Å². The summed E-state index contributed by atoms with van der Waals surface area (Å²) in [6.45, 7) is 1.89. The highest BCUT2D eigenvalue weighted by Gasteiger charge is 2.20. The van der Waals surface area contributed by atoms with Crippen molar-refractivity contribution in [3.05, 3.63) is 65.2 Å². The molecule has 1 amide bonds. The van der Waals surface area contributed by atoms with Crippen LogP contribution in [0.2, 0.25) is 5.02 Å². The number of hydrogen-bond acceptors (Lipinski definition) is 6. The lowest BCUT2D eigenvalue weighted by Crippen LogP contribution is -2.33. The molecular formula is C20H20ClN5O3. The molecule has 9 heteroatoms. The second kappa shape index (κ2) is 9.79. The van der Waals surface area contributed by atoms with Crippen molar-refractivity contribution in [3.63, 3.8) is 0 Å². The van der Waals surface area contributed by atoms with E-state index in [4.69, 9.17) is 16.3 Å². The first kappa shape index (κ1) is 20.5. The summed E-state index contributed by atoms with van der Waals surface area (Å²) in [7, 11) is 0. The van der Waals surface area contributed by atoms with Crippen LogP contribution in [0.15, 0.2) is 54.6 Å². The Morgan fingerprint density at radius 2 is 1.86 bits per heavy atom. The van der Waals surface area contributed by atoms with Crippen LogP contribution in [0.5, 0.6) is 0 Å². The molecule has 1 heterocycles. The number of amides is 1. The molecule has 1 N–H and O–H groups in total. The Kier molecular flexibility index (Phi) is 6.91. The van der Waals surface area contributed by atoms with Gasteiger partial charge in [-0.15, -0.1) is 10.2 Å². The van der Waals surface area contributed by atoms with Gasteiger partial charge < -0.3 is 10.1 Å². The zero-order valence-corrected chi connectivity index (χ0v) is 16.5. The maximum atomic E-state index is 12.5. The first-order chi connectivity index (χ1) is 14.0. The Hall–Kier alpha value is -3.26. The number of halogens is 1. The highest BCUT2D eigenvalue weighted by molar-refractivity contribution is 6.30. The standard InChI is InChI=1S/C20H20ClN5O3/c1-2-29-19(28)12-17(14-6-4-3-5-7-14)22-18(27)13-26-24-20(23-25-26)15-8-10-16(21)11-9-15/h3-11,17H,2,12-13H2,1H3,(H,22,27). The zero-order valence-electron chi connectivity index (χ0n) is 15.8. The summed E-state index contributed by atoms with van der Waals surface area (Å²) in [5, 5.41) is 15.5. The van der Waals surface area contributed by atoms with E-state index in [1.807, 2.05) is 30.3 Å². The maximum Gasteiger partial charge on any atom is 0.308 e. The number of tetrazole rings is 1. The summed E-state index contributed by atoms with van der Waals surface area (Å²) >= 11 is 5.88. The van der Waals surface area contributed by atoms with Crippen molar-refractivity contribution >= 4 is 23.5 Å². The second-order valence-electron chi connectivity index (χ2n) is 6.19. The van der Waals surface area contributed by atoms with E-state index in [1.54, 1.807) is 31.2 Å². The van der Waals surface area contributed by atoms with Crippen LogP contribution in [0.1, 0.15) is 24.9 Å². The number of ether oxygens (including phenoxy) is 1. The first-order valence-corrected chi connectivity index (χ1v) is 9.46. The SMILES string of the molecule is CCOC(=O)CC(NC(=O)Cn1nnc(-c2ccc(Cl)cc2)n1)c1ccccc1. The van der Waals surface area contributed by atoms with E-state index in [0.29, 0.717) is 10.8 Å². The average Bonchev–Trinajstić information content (AvgIpc) is 3.17. The van der Waals surface area contributed by atoms with E-state index in [9.17, 15) is 9.59 Å². The van der Waals surface area contributed by atoms with Gasteiger partial charge in [0.05, 0.1) is 19.1 Å². The van der Waals surface area contributed by atoms with E-state index in [2.05, 4.69) is 20.7 Å². The molecule has 2 aromatic carbocycles. The monoisotopic (exact) mass is 413 g/mol. The van der Waals surface area contributed by atoms with Gasteiger partial charge >= 0.3 is 5.97 Å². The van der Waals surface area contributed by atoms with E-state index in [-0.39, 0.29) is 31.4 Å². The van der Waals surface area contributed by atoms with Crippen LogP contribution in [0.3, 0.4) is 0 Å². The van der Waals surface area contributed by atoms with Gasteiger partial charge in [-0.3, -0.25) is 9.59 Å². The lowest BCUT2D eigenvalue weighted by atomic mass is 10.0. The summed E-state index contributed by atoms with van der Waals surface area (Å²) in [5.41, 5.74) is 1.55. The number of nitrogens with zero attached hydrogens (tertiary/aromatic N) is 4. The molecule has 3 rings (SSSR count). The largest absolute Gasteiger partial charge is 0.466 e. The molecule has 1 aromatic heterocycles. The topological polar surface area (TPSA) is 99.0 Å². The van der Waals surface area contributed by atoms with Gasteiger partial charge in [-0.05, 0) is 42.0 Å². The van der Waals surface area contributed by atoms with Gasteiger partial charge in [0.2, 0.25) is 11.7 Å². The van der Waals surface area contributed by atoms with Crippen molar-refractivity contribution in [2.45, 2.75) is 25.9 Å². The van der Waals surface area contributed by atoms with Gasteiger partial charge in [-0.2, -0.15) is 4.80 Å². The van der Waals surface area contributed by atoms with Gasteiger partial charge in [-0.25, -0.2) is 0 Å². The number of aromatic nitrogens is 4. The fraction of sp³-hybridized carbons (Fsp3) is 0.250. The summed E-state index contributed by atoms with van der Waals surface area (Å²) in [5.74, 6) is -0.339. The average molecular weight is 414 g/mol. The molecule has 0 aliphatic carbocycles. The number of hydrogen-bond donors (Lipinski definition) is 1. The molecule has 1 unspecified atom stereocenters. The lowest BCUT2D eigenvalue weighted by Gasteiger charge is -2.18. The minimum atomic E-state index is -0.512. The Labute approximate surface area is 172 Å². The quantitative estimate of drug-likeness (QED) is 0.570. The summed E-state index contributed by atoms with van der Waals surface area (Å²) in [6.07, 6.45) is 0.0321. The molecule has 0 aliphatic heterocycles. The molecule has 0 saturated carbocycles. The predicted molar refractivity (Wildman–Crippen MR) is 107 cm³/mol. The predicted octanol–water partition coefficient (Wildman–Crippen LogP) is 2.80. The minimum absolute atomic E-state index is 0.0321. The molecule has 0 aliphatic rings. The minimum Gasteiger partial charge on any atom is -0.466 e. The normalized spacial score (nSPS) is 11.7. The molecule has 0 bridgehead atoms. The second-order valence-corrected chi connectivity index (χ2v) is 6.63. The van der Waals surface area contributed by atoms with Crippen molar-refractivity contribution in [1.29, 1.82) is 0 Å². The third-order valence-electron chi connectivity index (χ3n) is 4.05. The Morgan fingerprint density at radius 3 is 2.55 bits per heavy atom. The van der Waals surface area contributed by atoms with Crippen molar-refractivity contribution in [1.82, 2.24) is 25.5 Å². The maximum absolute atomic E-state index is 12.5. The van der Waals surface area contributed by atoms with Gasteiger partial charge in [0, 0.05) is 10.6 Å². The number of carbonyl (C=O) groups is 2. The molecule has 8 nitrogen and oxygen atoms in total. The fourth-order valence-electron chi connectivity index (χ4n) is 2.72. The van der Waals surface area contributed by atoms with Crippen molar-refractivity contribution < 1.29 is 14.3 Å². The van der Waals surface area contributed by atoms with Crippen LogP contribution in [0.25, 0.3) is 11.4 Å². The molecule has 0 radical (unpaired) electrons. The van der Waals surface area contributed by atoms with Crippen LogP contribution in [-0.2, 0) is 20.9 Å². The molecule has 150 valence electrons. The van der Waals surface area contributed by atoms with E-state index >= 15 is 0 Å². The van der Waals surface area contributed by atoms with Crippen LogP contribution >= 0.6 is 11.6 Å². The fourth-order valence-corrected chi connectivity index (χ4v) is 2.84. The molecular weight excluding hydrogens is 394 g/mol. The molecule has 3 aromatic rings. The number of nitrogens with one attached hydrogen (secondary N) is 1. The third kappa shape index (κ3) is 5.86. The van der Waals surface area contributed by atoms with Crippen LogP contribution in [0, 0.1) is 0 Å². The Bertz CT molecular complexity index is 960. The highest BCUT2D eigenvalue weighted by Crippen LogP contribution is 2.18. The number of esters is 1. The number of rotatable bonds is 8. The zero-order chi connectivity index (χ0) is 20.6. The molecule has 0 fully saturated rings. The summed E-state index contributed by atoms with van der Waals surface area (Å²) < 4.78 is 5.01. The van der Waals surface area contributed by atoms with Crippen LogP contribution in [-0.4, -0.2) is 38.7 Å². The summed E-state index contributed by atoms with van der Waals surface area (Å²) in [4.78, 5) is 25.6. The molecule has 1 atom stereocenters. The lowest BCUT2D eigenvalue weighted by molar-refractivity contribution is -0.143. The van der Waals surface area contributed by atoms with E-state index in [1.165, 1.54) is 4.80 Å². The molecule has 0 saturated heterocycles. The van der Waals surface area contributed by atoms with Crippen LogP contribution in [0.4, 0.5) is 0 Å². The van der Waals surface area contributed by atoms with E-state index < -0.39 is 6.04 Å². The van der Waals surface area contributed by atoms with Gasteiger partial charge in [0.25, 0.3) is 0 Å². The third-order valence-corrected chi connectivity index (χ3v) is 4.31. The number of benzene rings is 2. The van der Waals surface area contributed by atoms with Crippen molar-refractivity contribution in [2.75, 3.05) is 6.61 Å². The van der Waals surface area contributed by atoms with Crippen molar-refractivity contribution in [2.24, 2.45) is 0 Å². The summed E-state index contributed by atoms with van der Waals surface area (Å²) in [6, 6.07) is 15.7.